The lowest BCUT2D eigenvalue weighted by Crippen LogP contribution is -2.13. The van der Waals surface area contributed by atoms with Crippen molar-refractivity contribution in [1.29, 1.82) is 0 Å². The second-order valence-electron chi connectivity index (χ2n) is 6.28. The normalized spacial score (nSPS) is 10.7. The van der Waals surface area contributed by atoms with Gasteiger partial charge in [0.2, 0.25) is 5.89 Å². The lowest BCUT2D eigenvalue weighted by atomic mass is 10.1. The number of nitrogens with zero attached hydrogens (tertiary/aromatic N) is 2. The molecular formula is C21H14ClN3O5. The van der Waals surface area contributed by atoms with Gasteiger partial charge in [0, 0.05) is 17.2 Å². The molecule has 0 spiro atoms. The third-order valence-electron chi connectivity index (χ3n) is 4.39. The standard InChI is InChI=1S/C21H14ClN3O5/c1-29-18-9-7-13(21-24-15-4-2-3-5-19(15)30-21)10-16(18)23-20(26)12-6-8-14(22)17(11-12)25(27)28/h2-11H,1H3,(H,23,26). The quantitative estimate of drug-likeness (QED) is 0.344. The van der Waals surface area contributed by atoms with Crippen LogP contribution >= 0.6 is 11.6 Å². The highest BCUT2D eigenvalue weighted by atomic mass is 35.5. The van der Waals surface area contributed by atoms with E-state index in [2.05, 4.69) is 10.3 Å². The van der Waals surface area contributed by atoms with Crippen molar-refractivity contribution in [3.63, 3.8) is 0 Å². The molecule has 0 saturated heterocycles. The smallest absolute Gasteiger partial charge is 0.288 e. The number of hydrogen-bond donors (Lipinski definition) is 1. The number of ether oxygens (including phenoxy) is 1. The number of para-hydroxylation sites is 2. The molecule has 4 rings (SSSR count). The lowest BCUT2D eigenvalue weighted by molar-refractivity contribution is -0.384. The number of nitrogens with one attached hydrogen (secondary N) is 1. The molecule has 0 aliphatic rings. The van der Waals surface area contributed by atoms with Crippen LogP contribution in [0.25, 0.3) is 22.6 Å². The van der Waals surface area contributed by atoms with Gasteiger partial charge in [0.1, 0.15) is 16.3 Å². The van der Waals surface area contributed by atoms with E-state index in [9.17, 15) is 14.9 Å². The van der Waals surface area contributed by atoms with Crippen LogP contribution in [0.4, 0.5) is 11.4 Å². The maximum Gasteiger partial charge on any atom is 0.288 e. The SMILES string of the molecule is COc1ccc(-c2nc3ccccc3o2)cc1NC(=O)c1ccc(Cl)c([N+](=O)[O-])c1. The van der Waals surface area contributed by atoms with Gasteiger partial charge in [0.05, 0.1) is 17.7 Å². The molecule has 9 heteroatoms. The first-order valence-corrected chi connectivity index (χ1v) is 9.13. The molecule has 0 unspecified atom stereocenters. The number of amides is 1. The van der Waals surface area contributed by atoms with Crippen molar-refractivity contribution in [3.8, 4) is 17.2 Å². The zero-order valence-corrected chi connectivity index (χ0v) is 16.3. The Morgan fingerprint density at radius 3 is 2.70 bits per heavy atom. The number of oxazole rings is 1. The predicted molar refractivity (Wildman–Crippen MR) is 112 cm³/mol. The Hall–Kier alpha value is -3.91. The van der Waals surface area contributed by atoms with E-state index in [0.29, 0.717) is 34.0 Å². The number of carbonyl (C=O) groups excluding carboxylic acids is 1. The van der Waals surface area contributed by atoms with E-state index in [1.165, 1.54) is 19.2 Å². The van der Waals surface area contributed by atoms with Crippen molar-refractivity contribution in [2.45, 2.75) is 0 Å². The minimum absolute atomic E-state index is 0.0490. The fourth-order valence-electron chi connectivity index (χ4n) is 2.92. The number of rotatable bonds is 5. The summed E-state index contributed by atoms with van der Waals surface area (Å²) in [6, 6.07) is 16.3. The van der Waals surface area contributed by atoms with Crippen molar-refractivity contribution in [2.75, 3.05) is 12.4 Å². The Morgan fingerprint density at radius 1 is 1.17 bits per heavy atom. The molecule has 0 atom stereocenters. The van der Waals surface area contributed by atoms with E-state index in [1.807, 2.05) is 24.3 Å². The highest BCUT2D eigenvalue weighted by Crippen LogP contribution is 2.32. The van der Waals surface area contributed by atoms with E-state index in [4.69, 9.17) is 20.8 Å². The number of anilines is 1. The van der Waals surface area contributed by atoms with Gasteiger partial charge in [-0.3, -0.25) is 14.9 Å². The fourth-order valence-corrected chi connectivity index (χ4v) is 3.11. The number of methoxy groups -OCH3 is 1. The molecule has 150 valence electrons. The summed E-state index contributed by atoms with van der Waals surface area (Å²) in [5.74, 6) is 0.242. The molecule has 3 aromatic carbocycles. The third-order valence-corrected chi connectivity index (χ3v) is 4.71. The summed E-state index contributed by atoms with van der Waals surface area (Å²) in [5, 5.41) is 13.7. The van der Waals surface area contributed by atoms with Crippen LogP contribution in [0.5, 0.6) is 5.75 Å². The maximum atomic E-state index is 12.7. The minimum atomic E-state index is -0.645. The lowest BCUT2D eigenvalue weighted by Gasteiger charge is -2.11. The number of hydrogen-bond acceptors (Lipinski definition) is 6. The number of carbonyl (C=O) groups is 1. The molecule has 8 nitrogen and oxygen atoms in total. The maximum absolute atomic E-state index is 12.7. The molecule has 0 bridgehead atoms. The molecule has 1 heterocycles. The molecule has 0 aliphatic heterocycles. The van der Waals surface area contributed by atoms with Crippen molar-refractivity contribution in [3.05, 3.63) is 81.4 Å². The van der Waals surface area contributed by atoms with Crippen LogP contribution in [0, 0.1) is 10.1 Å². The fraction of sp³-hybridized carbons (Fsp3) is 0.0476. The molecule has 0 fully saturated rings. The van der Waals surface area contributed by atoms with Crippen LogP contribution in [0.15, 0.2) is 65.1 Å². The van der Waals surface area contributed by atoms with E-state index >= 15 is 0 Å². The van der Waals surface area contributed by atoms with E-state index in [0.717, 1.165) is 6.07 Å². The van der Waals surface area contributed by atoms with Crippen molar-refractivity contribution >= 4 is 40.0 Å². The summed E-state index contributed by atoms with van der Waals surface area (Å²) in [5.41, 5.74) is 2.07. The molecule has 0 aliphatic carbocycles. The Morgan fingerprint density at radius 2 is 1.97 bits per heavy atom. The number of benzene rings is 3. The van der Waals surface area contributed by atoms with Crippen LogP contribution in [0.3, 0.4) is 0 Å². The number of halogens is 1. The Bertz CT molecular complexity index is 1250. The molecule has 0 radical (unpaired) electrons. The summed E-state index contributed by atoms with van der Waals surface area (Å²) >= 11 is 5.82. The van der Waals surface area contributed by atoms with E-state index < -0.39 is 10.8 Å². The van der Waals surface area contributed by atoms with Gasteiger partial charge < -0.3 is 14.5 Å². The Balaban J connectivity index is 1.68. The molecule has 4 aromatic rings. The summed E-state index contributed by atoms with van der Waals surface area (Å²) in [7, 11) is 1.47. The first kappa shape index (κ1) is 19.4. The van der Waals surface area contributed by atoms with Gasteiger partial charge in [-0.2, -0.15) is 0 Å². The summed E-state index contributed by atoms with van der Waals surface area (Å²) in [4.78, 5) is 27.6. The van der Waals surface area contributed by atoms with Crippen LogP contribution < -0.4 is 10.1 Å². The average molecular weight is 424 g/mol. The highest BCUT2D eigenvalue weighted by molar-refractivity contribution is 6.32. The van der Waals surface area contributed by atoms with Gasteiger partial charge >= 0.3 is 0 Å². The minimum Gasteiger partial charge on any atom is -0.495 e. The topological polar surface area (TPSA) is 108 Å². The molecular weight excluding hydrogens is 410 g/mol. The number of aromatic nitrogens is 1. The summed E-state index contributed by atoms with van der Waals surface area (Å²) in [6.45, 7) is 0. The molecule has 1 aromatic heterocycles. The molecule has 0 saturated carbocycles. The zero-order valence-electron chi connectivity index (χ0n) is 15.6. The summed E-state index contributed by atoms with van der Waals surface area (Å²) < 4.78 is 11.1. The Labute approximate surface area is 175 Å². The van der Waals surface area contributed by atoms with Gasteiger partial charge in [-0.1, -0.05) is 23.7 Å². The first-order valence-electron chi connectivity index (χ1n) is 8.75. The Kier molecular flexibility index (Phi) is 5.07. The van der Waals surface area contributed by atoms with Crippen LogP contribution in [-0.2, 0) is 0 Å². The molecule has 1 amide bonds. The van der Waals surface area contributed by atoms with Crippen LogP contribution in [0.1, 0.15) is 10.4 Å². The zero-order chi connectivity index (χ0) is 21.3. The highest BCUT2D eigenvalue weighted by Gasteiger charge is 2.18. The van der Waals surface area contributed by atoms with E-state index in [1.54, 1.807) is 18.2 Å². The largest absolute Gasteiger partial charge is 0.495 e. The number of nitro benzene ring substituents is 1. The van der Waals surface area contributed by atoms with Crippen molar-refractivity contribution in [2.24, 2.45) is 0 Å². The van der Waals surface area contributed by atoms with E-state index in [-0.39, 0.29) is 16.3 Å². The van der Waals surface area contributed by atoms with Gasteiger partial charge in [-0.25, -0.2) is 4.98 Å². The van der Waals surface area contributed by atoms with Crippen LogP contribution in [0.2, 0.25) is 5.02 Å². The second-order valence-corrected chi connectivity index (χ2v) is 6.69. The van der Waals surface area contributed by atoms with Crippen molar-refractivity contribution < 1.29 is 18.9 Å². The summed E-state index contributed by atoms with van der Waals surface area (Å²) in [6.07, 6.45) is 0. The third kappa shape index (κ3) is 3.68. The first-order chi connectivity index (χ1) is 14.5. The predicted octanol–water partition coefficient (Wildman–Crippen LogP) is 5.32. The van der Waals surface area contributed by atoms with Crippen molar-refractivity contribution in [1.82, 2.24) is 4.98 Å². The van der Waals surface area contributed by atoms with Gasteiger partial charge in [-0.15, -0.1) is 0 Å². The molecule has 30 heavy (non-hydrogen) atoms. The van der Waals surface area contributed by atoms with Gasteiger partial charge in [0.15, 0.2) is 5.58 Å². The van der Waals surface area contributed by atoms with Gasteiger partial charge in [0.25, 0.3) is 11.6 Å². The van der Waals surface area contributed by atoms with Crippen LogP contribution in [-0.4, -0.2) is 22.9 Å². The second kappa shape index (κ2) is 7.84. The monoisotopic (exact) mass is 423 g/mol. The molecule has 1 N–H and O–H groups in total. The number of fused-ring (bicyclic) bond motifs is 1. The average Bonchev–Trinajstić information content (AvgIpc) is 3.18. The van der Waals surface area contributed by atoms with Gasteiger partial charge in [-0.05, 0) is 42.5 Å². The number of nitro groups is 1.